The Morgan fingerprint density at radius 3 is 2.54 bits per heavy atom. The van der Waals surface area contributed by atoms with Crippen LogP contribution >= 0.6 is 11.3 Å². The second kappa shape index (κ2) is 10.8. The number of esters is 1. The molecule has 2 heterocycles. The van der Waals surface area contributed by atoms with E-state index in [1.165, 1.54) is 11.3 Å². The molecular weight excluding hydrogens is 468 g/mol. The zero-order valence-corrected chi connectivity index (χ0v) is 20.3. The van der Waals surface area contributed by atoms with E-state index in [0.717, 1.165) is 11.3 Å². The predicted octanol–water partition coefficient (Wildman–Crippen LogP) is 4.37. The van der Waals surface area contributed by atoms with Gasteiger partial charge in [-0.1, -0.05) is 24.3 Å². The molecule has 35 heavy (non-hydrogen) atoms. The lowest BCUT2D eigenvalue weighted by molar-refractivity contribution is -0.142. The smallest absolute Gasteiger partial charge is 0.311 e. The van der Waals surface area contributed by atoms with Crippen molar-refractivity contribution in [3.8, 4) is 28.3 Å². The van der Waals surface area contributed by atoms with Gasteiger partial charge in [-0.25, -0.2) is 9.67 Å². The highest BCUT2D eigenvalue weighted by atomic mass is 32.1. The van der Waals surface area contributed by atoms with Crippen LogP contribution in [0, 0.1) is 0 Å². The van der Waals surface area contributed by atoms with E-state index >= 15 is 0 Å². The minimum absolute atomic E-state index is 0.0414. The van der Waals surface area contributed by atoms with Gasteiger partial charge in [0.25, 0.3) is 5.91 Å². The summed E-state index contributed by atoms with van der Waals surface area (Å²) in [6, 6.07) is 14.9. The summed E-state index contributed by atoms with van der Waals surface area (Å²) in [5, 5.41) is 9.44. The maximum absolute atomic E-state index is 13.3. The van der Waals surface area contributed by atoms with E-state index in [4.69, 9.17) is 14.2 Å². The quantitative estimate of drug-likeness (QED) is 0.346. The van der Waals surface area contributed by atoms with Crippen LogP contribution in [0.2, 0.25) is 0 Å². The number of thiazole rings is 1. The van der Waals surface area contributed by atoms with E-state index in [1.54, 1.807) is 49.5 Å². The molecule has 0 fully saturated rings. The number of ether oxygens (including phenoxy) is 3. The van der Waals surface area contributed by atoms with Crippen molar-refractivity contribution in [1.82, 2.24) is 14.8 Å². The van der Waals surface area contributed by atoms with Crippen molar-refractivity contribution in [2.45, 2.75) is 13.3 Å². The van der Waals surface area contributed by atoms with E-state index < -0.39 is 5.91 Å². The lowest BCUT2D eigenvalue weighted by Crippen LogP contribution is -2.14. The Morgan fingerprint density at radius 1 is 1.06 bits per heavy atom. The van der Waals surface area contributed by atoms with E-state index in [0.29, 0.717) is 34.5 Å². The van der Waals surface area contributed by atoms with E-state index in [1.807, 2.05) is 36.4 Å². The first-order chi connectivity index (χ1) is 17.0. The van der Waals surface area contributed by atoms with E-state index in [2.05, 4.69) is 15.4 Å². The summed E-state index contributed by atoms with van der Waals surface area (Å²) in [5.74, 6) is 0.316. The number of benzene rings is 2. The Kier molecular flexibility index (Phi) is 7.41. The van der Waals surface area contributed by atoms with Gasteiger partial charge in [-0.2, -0.15) is 5.10 Å². The summed E-state index contributed by atoms with van der Waals surface area (Å²) < 4.78 is 17.4. The van der Waals surface area contributed by atoms with Crippen molar-refractivity contribution < 1.29 is 23.8 Å². The fourth-order valence-electron chi connectivity index (χ4n) is 3.43. The van der Waals surface area contributed by atoms with Gasteiger partial charge in [-0.15, -0.1) is 11.3 Å². The highest BCUT2D eigenvalue weighted by Crippen LogP contribution is 2.34. The lowest BCUT2D eigenvalue weighted by atomic mass is 10.1. The van der Waals surface area contributed by atoms with Gasteiger partial charge in [0.2, 0.25) is 0 Å². The average molecular weight is 493 g/mol. The average Bonchev–Trinajstić information content (AvgIpc) is 3.51. The number of nitrogens with zero attached hydrogens (tertiary/aromatic N) is 3. The predicted molar refractivity (Wildman–Crippen MR) is 133 cm³/mol. The summed E-state index contributed by atoms with van der Waals surface area (Å²) in [6.45, 7) is 2.05. The first-order valence-electron chi connectivity index (χ1n) is 10.8. The van der Waals surface area contributed by atoms with Crippen LogP contribution in [0.15, 0.2) is 60.1 Å². The number of carbonyl (C=O) groups excluding carboxylic acids is 2. The first-order valence-corrected chi connectivity index (χ1v) is 11.7. The van der Waals surface area contributed by atoms with Crippen LogP contribution in [0.25, 0.3) is 16.8 Å². The minimum Gasteiger partial charge on any atom is -0.493 e. The SMILES string of the molecule is CCOC(=O)Cc1csc(NC(=O)c2nn(-c3ccccc3)cc2-c2ccc(OC)c(OC)c2)n1. The molecule has 0 radical (unpaired) electrons. The van der Waals surface area contributed by atoms with Crippen LogP contribution in [0.5, 0.6) is 11.5 Å². The van der Waals surface area contributed by atoms with Gasteiger partial charge in [0, 0.05) is 17.1 Å². The molecule has 9 nitrogen and oxygen atoms in total. The fourth-order valence-corrected chi connectivity index (χ4v) is 4.14. The van der Waals surface area contributed by atoms with Crippen molar-refractivity contribution in [3.05, 3.63) is 71.5 Å². The molecular formula is C25H24N4O5S. The maximum atomic E-state index is 13.3. The molecule has 0 aliphatic rings. The maximum Gasteiger partial charge on any atom is 0.311 e. The number of methoxy groups -OCH3 is 2. The topological polar surface area (TPSA) is 105 Å². The van der Waals surface area contributed by atoms with Crippen LogP contribution in [-0.2, 0) is 16.0 Å². The normalized spacial score (nSPS) is 10.6. The van der Waals surface area contributed by atoms with Gasteiger partial charge < -0.3 is 14.2 Å². The number of nitrogens with one attached hydrogen (secondary N) is 1. The third-order valence-corrected chi connectivity index (χ3v) is 5.85. The molecule has 4 aromatic rings. The molecule has 4 rings (SSSR count). The van der Waals surface area contributed by atoms with Gasteiger partial charge in [0.15, 0.2) is 22.3 Å². The Bertz CT molecular complexity index is 1330. The molecule has 0 bridgehead atoms. The van der Waals surface area contributed by atoms with E-state index in [-0.39, 0.29) is 18.1 Å². The number of carbonyl (C=O) groups is 2. The van der Waals surface area contributed by atoms with Gasteiger partial charge in [-0.3, -0.25) is 14.9 Å². The zero-order valence-electron chi connectivity index (χ0n) is 19.5. The largest absolute Gasteiger partial charge is 0.493 e. The number of hydrogen-bond donors (Lipinski definition) is 1. The number of anilines is 1. The molecule has 0 aliphatic carbocycles. The van der Waals surface area contributed by atoms with Crippen LogP contribution in [-0.4, -0.2) is 47.5 Å². The number of rotatable bonds is 9. The molecule has 0 atom stereocenters. The highest BCUT2D eigenvalue weighted by Gasteiger charge is 2.21. The fraction of sp³-hybridized carbons (Fsp3) is 0.200. The Hall–Kier alpha value is -4.18. The zero-order chi connectivity index (χ0) is 24.8. The van der Waals surface area contributed by atoms with Crippen molar-refractivity contribution in [2.75, 3.05) is 26.1 Å². The molecule has 2 aromatic carbocycles. The number of aromatic nitrogens is 3. The Labute approximate surface area is 206 Å². The molecule has 2 aromatic heterocycles. The Balaban J connectivity index is 1.67. The van der Waals surface area contributed by atoms with Crippen LogP contribution in [0.4, 0.5) is 5.13 Å². The summed E-state index contributed by atoms with van der Waals surface area (Å²) in [5.41, 5.74) is 2.88. The summed E-state index contributed by atoms with van der Waals surface area (Å²) in [7, 11) is 3.12. The second-order valence-corrected chi connectivity index (χ2v) is 8.18. The summed E-state index contributed by atoms with van der Waals surface area (Å²) >= 11 is 1.23. The summed E-state index contributed by atoms with van der Waals surface area (Å²) in [4.78, 5) is 29.4. The monoisotopic (exact) mass is 492 g/mol. The van der Waals surface area contributed by atoms with Crippen LogP contribution in [0.3, 0.4) is 0 Å². The second-order valence-electron chi connectivity index (χ2n) is 7.32. The van der Waals surface area contributed by atoms with Crippen molar-refractivity contribution in [2.24, 2.45) is 0 Å². The third kappa shape index (κ3) is 5.49. The summed E-state index contributed by atoms with van der Waals surface area (Å²) in [6.07, 6.45) is 1.83. The van der Waals surface area contributed by atoms with Crippen LogP contribution in [0.1, 0.15) is 23.1 Å². The molecule has 0 saturated carbocycles. The van der Waals surface area contributed by atoms with Crippen molar-refractivity contribution in [3.63, 3.8) is 0 Å². The first kappa shape index (κ1) is 24.0. The van der Waals surface area contributed by atoms with Gasteiger partial charge in [0.05, 0.1) is 38.6 Å². The number of para-hydroxylation sites is 1. The van der Waals surface area contributed by atoms with Crippen LogP contribution < -0.4 is 14.8 Å². The molecule has 0 spiro atoms. The molecule has 1 N–H and O–H groups in total. The van der Waals surface area contributed by atoms with Crippen molar-refractivity contribution >= 4 is 28.3 Å². The lowest BCUT2D eigenvalue weighted by Gasteiger charge is -2.09. The van der Waals surface area contributed by atoms with Crippen molar-refractivity contribution in [1.29, 1.82) is 0 Å². The minimum atomic E-state index is -0.429. The molecule has 1 amide bonds. The Morgan fingerprint density at radius 2 is 1.83 bits per heavy atom. The van der Waals surface area contributed by atoms with Gasteiger partial charge in [0.1, 0.15) is 0 Å². The van der Waals surface area contributed by atoms with E-state index in [9.17, 15) is 9.59 Å². The molecule has 0 aliphatic heterocycles. The van der Waals surface area contributed by atoms with Gasteiger partial charge >= 0.3 is 5.97 Å². The molecule has 180 valence electrons. The molecule has 0 saturated heterocycles. The third-order valence-electron chi connectivity index (χ3n) is 5.05. The standard InChI is InChI=1S/C25H24N4O5S/c1-4-34-22(30)13-17-15-35-25(26-17)27-24(31)23-19(14-29(28-23)18-8-6-5-7-9-18)16-10-11-20(32-2)21(12-16)33-3/h5-12,14-15H,4,13H2,1-3H3,(H,26,27,31). The number of hydrogen-bond acceptors (Lipinski definition) is 8. The highest BCUT2D eigenvalue weighted by molar-refractivity contribution is 7.14. The van der Waals surface area contributed by atoms with Gasteiger partial charge in [-0.05, 0) is 36.8 Å². The molecule has 0 unspecified atom stereocenters. The molecule has 10 heteroatoms. The number of amides is 1.